The second-order valence-corrected chi connectivity index (χ2v) is 14.3. The molecule has 222 valence electrons. The SMILES string of the molecule is C[C@]12C=CC(=O)C=C1CC[C@@H]1[C@@H]2[C@@H](O)C[C@@]2(C)[C@H]1C[C@H]1O[C@@H](c3cc(F)c(Cc4ccc(N)cc4)s3)O[C@]12C(=O)CO. The summed E-state index contributed by atoms with van der Waals surface area (Å²) < 4.78 is 28.2. The molecule has 0 bridgehead atoms. The van der Waals surface area contributed by atoms with Gasteiger partial charge in [-0.15, -0.1) is 11.3 Å². The number of Topliss-reactive ketones (excluding diaryl/α,β-unsaturated/α-hetero) is 1. The fourth-order valence-corrected chi connectivity index (χ4v) is 10.3. The van der Waals surface area contributed by atoms with E-state index in [1.54, 1.807) is 24.3 Å². The van der Waals surface area contributed by atoms with Gasteiger partial charge in [-0.3, -0.25) is 9.59 Å². The van der Waals surface area contributed by atoms with E-state index in [0.29, 0.717) is 34.7 Å². The van der Waals surface area contributed by atoms with Gasteiger partial charge in [0.2, 0.25) is 0 Å². The average Bonchev–Trinajstić information content (AvgIpc) is 3.59. The maximum atomic E-state index is 15.1. The number of anilines is 1. The highest BCUT2D eigenvalue weighted by molar-refractivity contribution is 7.12. The fourth-order valence-electron chi connectivity index (χ4n) is 9.30. The summed E-state index contributed by atoms with van der Waals surface area (Å²) in [5.74, 6) is -0.888. The molecule has 1 aromatic carbocycles. The van der Waals surface area contributed by atoms with Crippen LogP contribution in [0.3, 0.4) is 0 Å². The van der Waals surface area contributed by atoms with Gasteiger partial charge in [0.25, 0.3) is 0 Å². The number of carbonyl (C=O) groups excluding carboxylic acids is 2. The lowest BCUT2D eigenvalue weighted by Gasteiger charge is -2.59. The van der Waals surface area contributed by atoms with Gasteiger partial charge in [-0.05, 0) is 73.4 Å². The number of rotatable bonds is 5. The molecule has 4 N–H and O–H groups in total. The number of nitrogen functional groups attached to an aromatic ring is 1. The third-order valence-corrected chi connectivity index (χ3v) is 12.3. The largest absolute Gasteiger partial charge is 0.399 e. The predicted molar refractivity (Wildman–Crippen MR) is 155 cm³/mol. The molecular formula is C33H36FNO6S. The first-order valence-electron chi connectivity index (χ1n) is 14.7. The van der Waals surface area contributed by atoms with Crippen LogP contribution < -0.4 is 5.73 Å². The van der Waals surface area contributed by atoms with Gasteiger partial charge in [0.05, 0.1) is 17.1 Å². The predicted octanol–water partition coefficient (Wildman–Crippen LogP) is 4.66. The van der Waals surface area contributed by atoms with Crippen LogP contribution >= 0.6 is 11.3 Å². The van der Waals surface area contributed by atoms with E-state index in [9.17, 15) is 19.8 Å². The van der Waals surface area contributed by atoms with Crippen molar-refractivity contribution in [3.63, 3.8) is 0 Å². The third-order valence-electron chi connectivity index (χ3n) is 11.1. The van der Waals surface area contributed by atoms with Gasteiger partial charge in [0.15, 0.2) is 23.5 Å². The van der Waals surface area contributed by atoms with E-state index in [2.05, 4.69) is 6.92 Å². The van der Waals surface area contributed by atoms with Crippen molar-refractivity contribution in [3.8, 4) is 0 Å². The Morgan fingerprint density at radius 2 is 2.00 bits per heavy atom. The minimum atomic E-state index is -1.46. The van der Waals surface area contributed by atoms with E-state index in [1.807, 2.05) is 25.1 Å². The van der Waals surface area contributed by atoms with Crippen LogP contribution in [0, 0.1) is 34.4 Å². The molecule has 0 unspecified atom stereocenters. The molecule has 9 heteroatoms. The molecule has 0 spiro atoms. The number of allylic oxidation sites excluding steroid dienone is 4. The van der Waals surface area contributed by atoms with E-state index in [4.69, 9.17) is 15.2 Å². The number of hydrogen-bond acceptors (Lipinski definition) is 8. The molecule has 9 atom stereocenters. The summed E-state index contributed by atoms with van der Waals surface area (Å²) in [7, 11) is 0. The highest BCUT2D eigenvalue weighted by Gasteiger charge is 2.76. The topological polar surface area (TPSA) is 119 Å². The molecule has 0 amide bonds. The summed E-state index contributed by atoms with van der Waals surface area (Å²) in [4.78, 5) is 26.9. The van der Waals surface area contributed by atoms with Crippen molar-refractivity contribution in [2.45, 2.75) is 70.1 Å². The van der Waals surface area contributed by atoms with Gasteiger partial charge in [0, 0.05) is 33.7 Å². The summed E-state index contributed by atoms with van der Waals surface area (Å²) in [6, 6.07) is 8.71. The second kappa shape index (κ2) is 9.66. The molecule has 0 radical (unpaired) electrons. The summed E-state index contributed by atoms with van der Waals surface area (Å²) in [5, 5.41) is 22.0. The zero-order valence-electron chi connectivity index (χ0n) is 23.7. The number of carbonyl (C=O) groups is 2. The average molecular weight is 594 g/mol. The van der Waals surface area contributed by atoms with Gasteiger partial charge in [-0.1, -0.05) is 37.6 Å². The summed E-state index contributed by atoms with van der Waals surface area (Å²) in [6.07, 6.45) is 5.68. The first kappa shape index (κ1) is 28.1. The van der Waals surface area contributed by atoms with Crippen molar-refractivity contribution in [1.29, 1.82) is 0 Å². The Hall–Kier alpha value is -2.69. The molecule has 1 saturated heterocycles. The van der Waals surface area contributed by atoms with Gasteiger partial charge in [-0.25, -0.2) is 4.39 Å². The van der Waals surface area contributed by atoms with Crippen LogP contribution in [0.1, 0.15) is 61.1 Å². The van der Waals surface area contributed by atoms with E-state index >= 15 is 4.39 Å². The lowest BCUT2D eigenvalue weighted by atomic mass is 9.46. The number of hydrogen-bond donors (Lipinski definition) is 3. The van der Waals surface area contributed by atoms with Gasteiger partial charge in [0.1, 0.15) is 12.4 Å². The maximum absolute atomic E-state index is 15.1. The fraction of sp³-hybridized carbons (Fsp3) is 0.515. The van der Waals surface area contributed by atoms with Crippen molar-refractivity contribution in [1.82, 2.24) is 0 Å². The lowest BCUT2D eigenvalue weighted by molar-refractivity contribution is -0.200. The zero-order valence-corrected chi connectivity index (χ0v) is 24.5. The molecule has 1 aliphatic heterocycles. The molecular weight excluding hydrogens is 557 g/mol. The molecule has 2 aromatic rings. The summed E-state index contributed by atoms with van der Waals surface area (Å²) in [6.45, 7) is 3.38. The van der Waals surface area contributed by atoms with Crippen molar-refractivity contribution in [2.24, 2.45) is 28.6 Å². The molecule has 7 nitrogen and oxygen atoms in total. The molecule has 5 aliphatic rings. The van der Waals surface area contributed by atoms with Crippen molar-refractivity contribution < 1.29 is 33.7 Å². The smallest absolute Gasteiger partial charge is 0.195 e. The van der Waals surface area contributed by atoms with Crippen LogP contribution in [0.25, 0.3) is 0 Å². The number of ether oxygens (including phenoxy) is 2. The minimum absolute atomic E-state index is 0.00194. The van der Waals surface area contributed by atoms with Crippen LogP contribution in [0.4, 0.5) is 10.1 Å². The molecule has 4 aliphatic carbocycles. The standard InChI is InChI=1S/C33H36FNO6S/c1-31-10-9-20(37)12-18(31)5-8-21-22-13-28-33(27(39)16-36,32(22,2)15-24(38)29(21)31)41-30(40-28)26-14-23(34)25(42-26)11-17-3-6-19(35)7-4-17/h3-4,6-7,9-10,12,14,21-22,24,28-30,36,38H,5,8,11,13,15-16,35H2,1-2H3/t21-,22-,24-,28+,29+,30+,31-,32-,33+/m0/s1. The summed E-state index contributed by atoms with van der Waals surface area (Å²) in [5.41, 5.74) is 5.70. The Morgan fingerprint density at radius 3 is 2.74 bits per heavy atom. The second-order valence-electron chi connectivity index (χ2n) is 13.2. The van der Waals surface area contributed by atoms with E-state index in [0.717, 1.165) is 24.0 Å². The molecule has 4 fully saturated rings. The zero-order chi connectivity index (χ0) is 29.6. The van der Waals surface area contributed by atoms with Gasteiger partial charge in [-0.2, -0.15) is 0 Å². The molecule has 3 saturated carbocycles. The number of benzene rings is 1. The number of thiophene rings is 1. The van der Waals surface area contributed by atoms with Crippen LogP contribution in [-0.2, 0) is 25.5 Å². The number of halogens is 1. The number of ketones is 2. The maximum Gasteiger partial charge on any atom is 0.195 e. The third kappa shape index (κ3) is 3.83. The van der Waals surface area contributed by atoms with Crippen molar-refractivity contribution >= 4 is 28.6 Å². The van der Waals surface area contributed by atoms with Crippen molar-refractivity contribution in [2.75, 3.05) is 12.3 Å². The summed E-state index contributed by atoms with van der Waals surface area (Å²) >= 11 is 1.25. The molecule has 2 heterocycles. The van der Waals surface area contributed by atoms with Crippen LogP contribution in [0.2, 0.25) is 0 Å². The van der Waals surface area contributed by atoms with E-state index in [-0.39, 0.29) is 29.4 Å². The Morgan fingerprint density at radius 1 is 1.24 bits per heavy atom. The van der Waals surface area contributed by atoms with Crippen LogP contribution in [0.15, 0.2) is 54.1 Å². The highest BCUT2D eigenvalue weighted by atomic mass is 32.1. The first-order chi connectivity index (χ1) is 20.0. The lowest BCUT2D eigenvalue weighted by Crippen LogP contribution is -2.63. The van der Waals surface area contributed by atoms with Crippen LogP contribution in [0.5, 0.6) is 0 Å². The molecule has 1 aromatic heterocycles. The Kier molecular flexibility index (Phi) is 6.46. The first-order valence-corrected chi connectivity index (χ1v) is 15.5. The van der Waals surface area contributed by atoms with Gasteiger partial charge < -0.3 is 25.4 Å². The quantitative estimate of drug-likeness (QED) is 0.432. The Bertz CT molecular complexity index is 1520. The highest BCUT2D eigenvalue weighted by Crippen LogP contribution is 2.70. The normalized spacial score (nSPS) is 40.2. The Balaban J connectivity index is 1.20. The van der Waals surface area contributed by atoms with Gasteiger partial charge >= 0.3 is 0 Å². The van der Waals surface area contributed by atoms with E-state index in [1.165, 1.54) is 17.4 Å². The van der Waals surface area contributed by atoms with Crippen molar-refractivity contribution in [3.05, 3.63) is 75.3 Å². The number of nitrogens with two attached hydrogens (primary N) is 1. The number of aliphatic hydroxyl groups is 2. The number of aliphatic hydroxyl groups excluding tert-OH is 2. The minimum Gasteiger partial charge on any atom is -0.399 e. The molecule has 42 heavy (non-hydrogen) atoms. The van der Waals surface area contributed by atoms with E-state index < -0.39 is 47.3 Å². The molecule has 7 rings (SSSR count). The monoisotopic (exact) mass is 593 g/mol. The van der Waals surface area contributed by atoms with Crippen LogP contribution in [-0.4, -0.2) is 46.2 Å². The Labute approximate surface area is 248 Å². The number of fused-ring (bicyclic) bond motifs is 7.